The Morgan fingerprint density at radius 1 is 0.930 bits per heavy atom. The number of carbonyl (C=O) groups excluding carboxylic acids is 5. The number of esters is 1. The number of rotatable bonds is 14. The Morgan fingerprint density at radius 3 is 2.14 bits per heavy atom. The number of alkyl carbamates (subject to hydrolysis) is 1. The van der Waals surface area contributed by atoms with E-state index in [1.54, 1.807) is 39.8 Å². The highest BCUT2D eigenvalue weighted by Gasteiger charge is 2.26. The molecule has 0 fully saturated rings. The lowest BCUT2D eigenvalue weighted by molar-refractivity contribution is -0.125. The van der Waals surface area contributed by atoms with Gasteiger partial charge in [-0.15, -0.1) is 11.3 Å². The molecule has 1 aromatic carbocycles. The van der Waals surface area contributed by atoms with E-state index in [2.05, 4.69) is 26.6 Å². The molecule has 12 nitrogen and oxygen atoms in total. The van der Waals surface area contributed by atoms with E-state index in [-0.39, 0.29) is 43.5 Å². The van der Waals surface area contributed by atoms with Gasteiger partial charge in [0, 0.05) is 25.6 Å². The largest absolute Gasteiger partial charge is 0.465 e. The van der Waals surface area contributed by atoms with Crippen LogP contribution < -0.4 is 26.6 Å². The summed E-state index contributed by atoms with van der Waals surface area (Å²) < 4.78 is 23.3. The Morgan fingerprint density at radius 2 is 1.53 bits per heavy atom. The topological polar surface area (TPSA) is 164 Å². The molecule has 43 heavy (non-hydrogen) atoms. The van der Waals surface area contributed by atoms with Crippen molar-refractivity contribution in [1.82, 2.24) is 21.3 Å². The number of hydrogen-bond acceptors (Lipinski definition) is 9. The minimum atomic E-state index is -0.749. The highest BCUT2D eigenvalue weighted by molar-refractivity contribution is 7.18. The lowest BCUT2D eigenvalue weighted by atomic mass is 9.96. The van der Waals surface area contributed by atoms with Crippen LogP contribution in [0.25, 0.3) is 0 Å². The quantitative estimate of drug-likeness (QED) is 0.159. The predicted molar refractivity (Wildman–Crippen MR) is 161 cm³/mol. The second-order valence-corrected chi connectivity index (χ2v) is 11.5. The Hall–Kier alpha value is -4.20. The maximum atomic E-state index is 13.4. The molecule has 5 N–H and O–H groups in total. The molecule has 0 saturated carbocycles. The zero-order valence-corrected chi connectivity index (χ0v) is 26.1. The summed E-state index contributed by atoms with van der Waals surface area (Å²) in [4.78, 5) is 61.3. The standard InChI is InChI=1S/C29H40FN5O7S/c1-7-18(19-8-10-20(30)11-9-19)14-34-26-23(27(39)41-6)17(2)24(43-26)25(38)32-13-12-31-21(36)15-33-22(37)16-35-28(40)42-29(3,4)5/h8-11,18,34H,7,12-16H2,1-6H3,(H,31,36)(H,32,38)(H,33,37)(H,35,40). The Kier molecular flexibility index (Phi) is 13.4. The fraction of sp³-hybridized carbons (Fsp3) is 0.483. The highest BCUT2D eigenvalue weighted by Crippen LogP contribution is 2.34. The van der Waals surface area contributed by atoms with E-state index >= 15 is 0 Å². The zero-order chi connectivity index (χ0) is 32.2. The predicted octanol–water partition coefficient (Wildman–Crippen LogP) is 3.07. The van der Waals surface area contributed by atoms with Crippen molar-refractivity contribution in [2.24, 2.45) is 0 Å². The van der Waals surface area contributed by atoms with Gasteiger partial charge in [-0.1, -0.05) is 19.1 Å². The van der Waals surface area contributed by atoms with Gasteiger partial charge in [0.1, 0.15) is 23.0 Å². The van der Waals surface area contributed by atoms with Crippen LogP contribution in [-0.2, 0) is 19.1 Å². The third-order valence-corrected chi connectivity index (χ3v) is 7.31. The van der Waals surface area contributed by atoms with Gasteiger partial charge in [0.2, 0.25) is 11.8 Å². The van der Waals surface area contributed by atoms with Gasteiger partial charge >= 0.3 is 12.1 Å². The first-order chi connectivity index (χ1) is 20.2. The highest BCUT2D eigenvalue weighted by atomic mass is 32.1. The first-order valence-electron chi connectivity index (χ1n) is 13.7. The molecule has 0 aliphatic carbocycles. The summed E-state index contributed by atoms with van der Waals surface area (Å²) in [6.07, 6.45) is 0.0167. The van der Waals surface area contributed by atoms with Gasteiger partial charge < -0.3 is 36.1 Å². The third-order valence-electron chi connectivity index (χ3n) is 6.06. The maximum Gasteiger partial charge on any atom is 0.408 e. The minimum Gasteiger partial charge on any atom is -0.465 e. The van der Waals surface area contributed by atoms with Crippen molar-refractivity contribution in [1.29, 1.82) is 0 Å². The second-order valence-electron chi connectivity index (χ2n) is 10.5. The molecule has 0 aliphatic heterocycles. The van der Waals surface area contributed by atoms with Crippen LogP contribution in [0.15, 0.2) is 24.3 Å². The van der Waals surface area contributed by atoms with E-state index in [1.165, 1.54) is 19.2 Å². The van der Waals surface area contributed by atoms with Crippen molar-refractivity contribution >= 4 is 46.1 Å². The van der Waals surface area contributed by atoms with E-state index in [1.807, 2.05) is 6.92 Å². The van der Waals surface area contributed by atoms with Crippen LogP contribution in [0.5, 0.6) is 0 Å². The molecule has 14 heteroatoms. The summed E-state index contributed by atoms with van der Waals surface area (Å²) in [6.45, 7) is 8.69. The fourth-order valence-electron chi connectivity index (χ4n) is 3.88. The van der Waals surface area contributed by atoms with Gasteiger partial charge in [-0.05, 0) is 57.4 Å². The first-order valence-corrected chi connectivity index (χ1v) is 14.6. The van der Waals surface area contributed by atoms with Crippen molar-refractivity contribution in [3.63, 3.8) is 0 Å². The van der Waals surface area contributed by atoms with Crippen molar-refractivity contribution in [2.75, 3.05) is 45.2 Å². The van der Waals surface area contributed by atoms with Crippen LogP contribution >= 0.6 is 11.3 Å². The van der Waals surface area contributed by atoms with Crippen LogP contribution in [0.3, 0.4) is 0 Å². The van der Waals surface area contributed by atoms with Gasteiger partial charge in [-0.25, -0.2) is 14.0 Å². The van der Waals surface area contributed by atoms with Crippen LogP contribution in [-0.4, -0.2) is 75.2 Å². The summed E-state index contributed by atoms with van der Waals surface area (Å²) in [6, 6.07) is 6.25. The van der Waals surface area contributed by atoms with E-state index < -0.39 is 35.4 Å². The van der Waals surface area contributed by atoms with Gasteiger partial charge in [0.15, 0.2) is 0 Å². The van der Waals surface area contributed by atoms with Crippen LogP contribution in [0, 0.1) is 12.7 Å². The number of carbonyl (C=O) groups is 5. The van der Waals surface area contributed by atoms with Gasteiger partial charge in [0.05, 0.1) is 24.1 Å². The SMILES string of the molecule is CCC(CNc1sc(C(=O)NCCNC(=O)CNC(=O)CNC(=O)OC(C)(C)C)c(C)c1C(=O)OC)c1ccc(F)cc1. The zero-order valence-electron chi connectivity index (χ0n) is 25.3. The van der Waals surface area contributed by atoms with Gasteiger partial charge in [0.25, 0.3) is 5.91 Å². The first kappa shape index (κ1) is 35.0. The number of anilines is 1. The smallest absolute Gasteiger partial charge is 0.408 e. The summed E-state index contributed by atoms with van der Waals surface area (Å²) in [5.41, 5.74) is 0.960. The van der Waals surface area contributed by atoms with E-state index in [0.717, 1.165) is 23.3 Å². The molecular formula is C29H40FN5O7S. The average molecular weight is 622 g/mol. The van der Waals surface area contributed by atoms with Crippen molar-refractivity contribution < 1.29 is 37.8 Å². The molecule has 0 spiro atoms. The minimum absolute atomic E-state index is 0.0420. The summed E-state index contributed by atoms with van der Waals surface area (Å²) >= 11 is 1.12. The number of methoxy groups -OCH3 is 1. The number of thiophene rings is 1. The average Bonchev–Trinajstić information content (AvgIpc) is 3.28. The molecule has 1 unspecified atom stereocenters. The van der Waals surface area contributed by atoms with Crippen LogP contribution in [0.2, 0.25) is 0 Å². The number of halogens is 1. The van der Waals surface area contributed by atoms with Crippen molar-refractivity contribution in [3.05, 3.63) is 51.7 Å². The van der Waals surface area contributed by atoms with Gasteiger partial charge in [-0.2, -0.15) is 0 Å². The van der Waals surface area contributed by atoms with Crippen LogP contribution in [0.4, 0.5) is 14.2 Å². The molecule has 2 rings (SSSR count). The van der Waals surface area contributed by atoms with Crippen molar-refractivity contribution in [3.8, 4) is 0 Å². The Balaban J connectivity index is 1.87. The molecule has 0 saturated heterocycles. The molecule has 0 aliphatic rings. The molecule has 0 bridgehead atoms. The second kappa shape index (κ2) is 16.4. The van der Waals surface area contributed by atoms with E-state index in [0.29, 0.717) is 22.0 Å². The Bertz CT molecular complexity index is 1290. The van der Waals surface area contributed by atoms with E-state index in [4.69, 9.17) is 9.47 Å². The number of benzene rings is 1. The molecule has 1 aromatic heterocycles. The van der Waals surface area contributed by atoms with Crippen LogP contribution in [0.1, 0.15) is 71.2 Å². The molecule has 0 radical (unpaired) electrons. The summed E-state index contributed by atoms with van der Waals surface area (Å²) in [5.74, 6) is -2.35. The van der Waals surface area contributed by atoms with E-state index in [9.17, 15) is 28.4 Å². The lowest BCUT2D eigenvalue weighted by Gasteiger charge is -2.19. The molecule has 2 aromatic rings. The number of hydrogen-bond donors (Lipinski definition) is 5. The number of nitrogens with one attached hydrogen (secondary N) is 5. The fourth-order valence-corrected chi connectivity index (χ4v) is 5.00. The monoisotopic (exact) mass is 621 g/mol. The lowest BCUT2D eigenvalue weighted by Crippen LogP contribution is -2.44. The molecule has 4 amide bonds. The number of amides is 4. The Labute approximate surface area is 254 Å². The molecule has 236 valence electrons. The summed E-state index contributed by atoms with van der Waals surface area (Å²) in [5, 5.41) is 13.7. The normalized spacial score (nSPS) is 11.6. The number of ether oxygens (including phenoxy) is 2. The van der Waals surface area contributed by atoms with Gasteiger partial charge in [-0.3, -0.25) is 14.4 Å². The third kappa shape index (κ3) is 11.5. The van der Waals surface area contributed by atoms with Crippen molar-refractivity contribution in [2.45, 2.75) is 52.6 Å². The molecular weight excluding hydrogens is 581 g/mol. The maximum absolute atomic E-state index is 13.4. The molecule has 1 atom stereocenters. The molecule has 1 heterocycles. The summed E-state index contributed by atoms with van der Waals surface area (Å²) in [7, 11) is 1.26.